The third-order valence-corrected chi connectivity index (χ3v) is 4.46. The predicted molar refractivity (Wildman–Crippen MR) is 92.2 cm³/mol. The molecule has 0 saturated carbocycles. The van der Waals surface area contributed by atoms with Crippen molar-refractivity contribution in [2.75, 3.05) is 5.75 Å². The summed E-state index contributed by atoms with van der Waals surface area (Å²) in [6.07, 6.45) is 0.744. The number of benzene rings is 2. The molecule has 0 unspecified atom stereocenters. The third-order valence-electron chi connectivity index (χ3n) is 3.53. The van der Waals surface area contributed by atoms with Crippen LogP contribution in [0.4, 0.5) is 4.39 Å². The second-order valence-electron chi connectivity index (χ2n) is 5.14. The molecule has 0 N–H and O–H groups in total. The Balaban J connectivity index is 1.79. The number of nitrogens with zero attached hydrogens (tertiary/aromatic N) is 3. The van der Waals surface area contributed by atoms with E-state index in [0.717, 1.165) is 17.9 Å². The van der Waals surface area contributed by atoms with Gasteiger partial charge in [0.1, 0.15) is 11.6 Å². The van der Waals surface area contributed by atoms with Crippen molar-refractivity contribution < 1.29 is 9.18 Å². The molecular formula is C18H16FN3OS. The van der Waals surface area contributed by atoms with Crippen molar-refractivity contribution in [2.24, 2.45) is 0 Å². The van der Waals surface area contributed by atoms with Crippen LogP contribution < -0.4 is 0 Å². The number of aromatic nitrogens is 3. The zero-order valence-corrected chi connectivity index (χ0v) is 14.0. The minimum absolute atomic E-state index is 0.0688. The summed E-state index contributed by atoms with van der Waals surface area (Å²) in [5, 5.41) is 9.09. The van der Waals surface area contributed by atoms with Gasteiger partial charge in [0, 0.05) is 17.7 Å². The molecule has 122 valence electrons. The van der Waals surface area contributed by atoms with Crippen LogP contribution in [0.25, 0.3) is 5.69 Å². The van der Waals surface area contributed by atoms with Crippen molar-refractivity contribution in [3.05, 3.63) is 71.8 Å². The monoisotopic (exact) mass is 341 g/mol. The summed E-state index contributed by atoms with van der Waals surface area (Å²) in [5.41, 5.74) is 1.46. The van der Waals surface area contributed by atoms with Crippen LogP contribution in [0.15, 0.2) is 59.8 Å². The zero-order chi connectivity index (χ0) is 16.9. The van der Waals surface area contributed by atoms with Gasteiger partial charge in [-0.25, -0.2) is 4.39 Å². The molecule has 0 bridgehead atoms. The van der Waals surface area contributed by atoms with Gasteiger partial charge in [0.05, 0.1) is 5.75 Å². The number of aryl methyl sites for hydroxylation is 1. The Labute approximate surface area is 143 Å². The fourth-order valence-corrected chi connectivity index (χ4v) is 3.17. The molecule has 0 aliphatic rings. The molecule has 2 aromatic carbocycles. The number of carbonyl (C=O) groups excluding carboxylic acids is 1. The summed E-state index contributed by atoms with van der Waals surface area (Å²) < 4.78 is 14.9. The molecule has 3 aromatic rings. The third kappa shape index (κ3) is 3.54. The highest BCUT2D eigenvalue weighted by molar-refractivity contribution is 7.99. The Morgan fingerprint density at radius 1 is 1.08 bits per heavy atom. The van der Waals surface area contributed by atoms with Crippen molar-refractivity contribution in [3.8, 4) is 5.69 Å². The van der Waals surface area contributed by atoms with Crippen LogP contribution in [-0.4, -0.2) is 26.3 Å². The summed E-state index contributed by atoms with van der Waals surface area (Å²) in [6.45, 7) is 2.02. The number of ketones is 1. The number of Topliss-reactive ketones (excluding diaryl/α,β-unsaturated/α-hetero) is 1. The number of hydrogen-bond acceptors (Lipinski definition) is 4. The van der Waals surface area contributed by atoms with Crippen molar-refractivity contribution in [1.82, 2.24) is 14.8 Å². The molecule has 0 saturated heterocycles. The molecule has 0 spiro atoms. The van der Waals surface area contributed by atoms with Crippen LogP contribution >= 0.6 is 11.8 Å². The molecule has 0 atom stereocenters. The van der Waals surface area contributed by atoms with Crippen LogP contribution in [0.2, 0.25) is 0 Å². The molecule has 0 radical (unpaired) electrons. The summed E-state index contributed by atoms with van der Waals surface area (Å²) in [4.78, 5) is 12.3. The van der Waals surface area contributed by atoms with Gasteiger partial charge in [-0.1, -0.05) is 36.9 Å². The highest BCUT2D eigenvalue weighted by atomic mass is 32.2. The van der Waals surface area contributed by atoms with Crippen molar-refractivity contribution in [2.45, 2.75) is 18.5 Å². The van der Waals surface area contributed by atoms with E-state index in [1.165, 1.54) is 36.0 Å². The van der Waals surface area contributed by atoms with Gasteiger partial charge in [0.25, 0.3) is 0 Å². The van der Waals surface area contributed by atoms with Gasteiger partial charge in [-0.2, -0.15) is 0 Å². The average molecular weight is 341 g/mol. The van der Waals surface area contributed by atoms with Gasteiger partial charge in [-0.15, -0.1) is 10.2 Å². The van der Waals surface area contributed by atoms with E-state index in [1.54, 1.807) is 0 Å². The van der Waals surface area contributed by atoms with Crippen LogP contribution in [0, 0.1) is 5.82 Å². The van der Waals surface area contributed by atoms with Gasteiger partial charge in [0.2, 0.25) is 0 Å². The molecule has 0 amide bonds. The molecule has 6 heteroatoms. The molecule has 1 aromatic heterocycles. The lowest BCUT2D eigenvalue weighted by Gasteiger charge is -2.09. The first-order valence-electron chi connectivity index (χ1n) is 7.60. The van der Waals surface area contributed by atoms with Gasteiger partial charge in [-0.3, -0.25) is 9.36 Å². The second-order valence-corrected chi connectivity index (χ2v) is 6.08. The van der Waals surface area contributed by atoms with Crippen LogP contribution in [0.3, 0.4) is 0 Å². The zero-order valence-electron chi connectivity index (χ0n) is 13.1. The minimum Gasteiger partial charge on any atom is -0.293 e. The smallest absolute Gasteiger partial charge is 0.196 e. The molecule has 1 heterocycles. The first kappa shape index (κ1) is 16.4. The van der Waals surface area contributed by atoms with Crippen LogP contribution in [-0.2, 0) is 6.42 Å². The summed E-state index contributed by atoms with van der Waals surface area (Å²) in [7, 11) is 0. The normalized spacial score (nSPS) is 10.8. The summed E-state index contributed by atoms with van der Waals surface area (Å²) >= 11 is 1.33. The standard InChI is InChI=1S/C18H16FN3OS/c1-2-17-20-21-18(22(17)15-6-4-3-5-7-15)24-12-16(23)13-8-10-14(19)11-9-13/h3-11H,2,12H2,1H3. The summed E-state index contributed by atoms with van der Waals surface area (Å²) in [5.74, 6) is 0.648. The van der Waals surface area contributed by atoms with Crippen molar-refractivity contribution >= 4 is 17.5 Å². The molecule has 0 aliphatic carbocycles. The maximum absolute atomic E-state index is 12.9. The molecule has 3 rings (SSSR count). The Morgan fingerprint density at radius 3 is 2.46 bits per heavy atom. The fraction of sp³-hybridized carbons (Fsp3) is 0.167. The fourth-order valence-electron chi connectivity index (χ4n) is 2.31. The summed E-state index contributed by atoms with van der Waals surface area (Å²) in [6, 6.07) is 15.4. The minimum atomic E-state index is -0.351. The largest absolute Gasteiger partial charge is 0.293 e. The number of rotatable bonds is 6. The molecular weight excluding hydrogens is 325 g/mol. The van der Waals surface area contributed by atoms with E-state index in [4.69, 9.17) is 0 Å². The SMILES string of the molecule is CCc1nnc(SCC(=O)c2ccc(F)cc2)n1-c1ccccc1. The van der Waals surface area contributed by atoms with E-state index in [0.29, 0.717) is 10.7 Å². The second kappa shape index (κ2) is 7.40. The quantitative estimate of drug-likeness (QED) is 0.503. The highest BCUT2D eigenvalue weighted by Gasteiger charge is 2.15. The highest BCUT2D eigenvalue weighted by Crippen LogP contribution is 2.23. The van der Waals surface area contributed by atoms with Crippen molar-refractivity contribution in [3.63, 3.8) is 0 Å². The average Bonchev–Trinajstić information content (AvgIpc) is 3.04. The van der Waals surface area contributed by atoms with Gasteiger partial charge in [0.15, 0.2) is 10.9 Å². The number of thioether (sulfide) groups is 1. The maximum Gasteiger partial charge on any atom is 0.196 e. The topological polar surface area (TPSA) is 47.8 Å². The van der Waals surface area contributed by atoms with E-state index in [-0.39, 0.29) is 17.4 Å². The van der Waals surface area contributed by atoms with Gasteiger partial charge >= 0.3 is 0 Å². The lowest BCUT2D eigenvalue weighted by atomic mass is 10.1. The molecule has 4 nitrogen and oxygen atoms in total. The Hall–Kier alpha value is -2.47. The van der Waals surface area contributed by atoms with E-state index < -0.39 is 0 Å². The lowest BCUT2D eigenvalue weighted by molar-refractivity contribution is 0.102. The first-order chi connectivity index (χ1) is 11.7. The lowest BCUT2D eigenvalue weighted by Crippen LogP contribution is -2.05. The number of halogens is 1. The number of carbonyl (C=O) groups is 1. The van der Waals surface area contributed by atoms with E-state index in [1.807, 2.05) is 41.8 Å². The maximum atomic E-state index is 12.9. The predicted octanol–water partition coefficient (Wildman–Crippen LogP) is 3.94. The Morgan fingerprint density at radius 2 is 1.79 bits per heavy atom. The number of hydrogen-bond donors (Lipinski definition) is 0. The van der Waals surface area contributed by atoms with Crippen LogP contribution in [0.5, 0.6) is 0 Å². The number of para-hydroxylation sites is 1. The van der Waals surface area contributed by atoms with Gasteiger partial charge in [-0.05, 0) is 36.4 Å². The molecule has 0 aliphatic heterocycles. The Bertz CT molecular complexity index is 831. The molecule has 0 fully saturated rings. The van der Waals surface area contributed by atoms with Gasteiger partial charge < -0.3 is 0 Å². The first-order valence-corrected chi connectivity index (χ1v) is 8.59. The Kier molecular flexibility index (Phi) is 5.05. The molecule has 24 heavy (non-hydrogen) atoms. The van der Waals surface area contributed by atoms with E-state index >= 15 is 0 Å². The van der Waals surface area contributed by atoms with Crippen LogP contribution in [0.1, 0.15) is 23.1 Å². The van der Waals surface area contributed by atoms with E-state index in [9.17, 15) is 9.18 Å². The van der Waals surface area contributed by atoms with E-state index in [2.05, 4.69) is 10.2 Å². The van der Waals surface area contributed by atoms with Crippen molar-refractivity contribution in [1.29, 1.82) is 0 Å².